The zero-order valence-corrected chi connectivity index (χ0v) is 16.2. The van der Waals surface area contributed by atoms with Gasteiger partial charge in [0.2, 0.25) is 0 Å². The summed E-state index contributed by atoms with van der Waals surface area (Å²) in [4.78, 5) is 0. The highest BCUT2D eigenvalue weighted by Crippen LogP contribution is 2.40. The van der Waals surface area contributed by atoms with Gasteiger partial charge in [-0.15, -0.1) is 0 Å². The van der Waals surface area contributed by atoms with Gasteiger partial charge >= 0.3 is 11.4 Å². The Hall–Kier alpha value is -1.27. The third-order valence-electron chi connectivity index (χ3n) is 4.91. The van der Waals surface area contributed by atoms with E-state index in [1.54, 1.807) is 0 Å². The van der Waals surface area contributed by atoms with Crippen LogP contribution < -0.4 is 10.4 Å². The van der Waals surface area contributed by atoms with Crippen LogP contribution in [0, 0.1) is 0 Å². The van der Waals surface area contributed by atoms with Crippen molar-refractivity contribution in [1.82, 2.24) is 0 Å². The van der Waals surface area contributed by atoms with Crippen LogP contribution in [0.5, 0.6) is 0 Å². The molecule has 2 atom stereocenters. The van der Waals surface area contributed by atoms with Crippen LogP contribution in [0.2, 0.25) is 11.1 Å². The predicted octanol–water partition coefficient (Wildman–Crippen LogP) is 3.04. The van der Waals surface area contributed by atoms with Gasteiger partial charge < -0.3 is 0 Å². The van der Waals surface area contributed by atoms with Gasteiger partial charge in [-0.1, -0.05) is 91.8 Å². The molecule has 3 nitrogen and oxygen atoms in total. The molecule has 0 spiro atoms. The van der Waals surface area contributed by atoms with Gasteiger partial charge in [-0.3, -0.25) is 8.37 Å². The van der Waals surface area contributed by atoms with E-state index in [1.807, 2.05) is 0 Å². The fourth-order valence-electron chi connectivity index (χ4n) is 3.75. The third-order valence-corrected chi connectivity index (χ3v) is 11.9. The van der Waals surface area contributed by atoms with E-state index >= 15 is 0 Å². The van der Waals surface area contributed by atoms with E-state index in [9.17, 15) is 4.21 Å². The van der Waals surface area contributed by atoms with Crippen molar-refractivity contribution in [3.05, 3.63) is 60.7 Å². The van der Waals surface area contributed by atoms with E-state index < -0.39 is 19.4 Å². The van der Waals surface area contributed by atoms with Crippen molar-refractivity contribution in [2.24, 2.45) is 0 Å². The normalized spacial score (nSPS) is 21.8. The maximum absolute atomic E-state index is 11.5. The Bertz CT molecular complexity index is 658. The first-order valence-corrected chi connectivity index (χ1v) is 11.5. The molecule has 2 aromatic carbocycles. The Morgan fingerprint density at radius 2 is 1.50 bits per heavy atom. The van der Waals surface area contributed by atoms with E-state index in [1.165, 1.54) is 10.4 Å². The van der Waals surface area contributed by atoms with Crippen LogP contribution in [0.25, 0.3) is 0 Å². The molecule has 0 aliphatic carbocycles. The average Bonchev–Trinajstić information content (AvgIpc) is 2.98. The van der Waals surface area contributed by atoms with E-state index in [0.717, 1.165) is 6.04 Å². The average molecular weight is 361 g/mol. The van der Waals surface area contributed by atoms with Crippen LogP contribution in [-0.2, 0) is 19.7 Å². The van der Waals surface area contributed by atoms with E-state index in [4.69, 9.17) is 8.37 Å². The molecular weight excluding hydrogens is 336 g/mol. The molecule has 0 radical (unpaired) electrons. The zero-order valence-electron chi connectivity index (χ0n) is 14.4. The lowest BCUT2D eigenvalue weighted by atomic mass is 10.2. The van der Waals surface area contributed by atoms with Crippen molar-refractivity contribution in [3.63, 3.8) is 0 Å². The molecule has 5 heteroatoms. The minimum Gasteiger partial charge on any atom is -0.266 e. The Morgan fingerprint density at radius 1 is 1.00 bits per heavy atom. The monoisotopic (exact) mass is 360 g/mol. The standard InChI is InChI=1S/C19H24O3SSi/c1-19(2,3)24(17-10-6-4-7-11-17,18-12-8-5-9-13-18)15-16-14-21-23(20)22-16/h4-13,16H,14-15H2,1-3H3. The molecule has 1 aliphatic rings. The topological polar surface area (TPSA) is 35.5 Å². The second-order valence-corrected chi connectivity index (χ2v) is 13.0. The summed E-state index contributed by atoms with van der Waals surface area (Å²) in [5.74, 6) is 0. The molecule has 1 saturated heterocycles. The smallest absolute Gasteiger partial charge is 0.266 e. The Morgan fingerprint density at radius 3 is 1.88 bits per heavy atom. The first kappa shape index (κ1) is 17.5. The Labute approximate surface area is 147 Å². The quantitative estimate of drug-likeness (QED) is 0.786. The Kier molecular flexibility index (Phi) is 5.06. The van der Waals surface area contributed by atoms with Crippen molar-refractivity contribution in [2.75, 3.05) is 6.61 Å². The summed E-state index contributed by atoms with van der Waals surface area (Å²) in [6.45, 7) is 7.33. The predicted molar refractivity (Wildman–Crippen MR) is 101 cm³/mol. The van der Waals surface area contributed by atoms with Gasteiger partial charge in [-0.25, -0.2) is 0 Å². The largest absolute Gasteiger partial charge is 0.305 e. The zero-order chi connectivity index (χ0) is 17.2. The van der Waals surface area contributed by atoms with Crippen LogP contribution in [0.15, 0.2) is 60.7 Å². The summed E-state index contributed by atoms with van der Waals surface area (Å²) in [5.41, 5.74) is 0. The number of hydrogen-bond acceptors (Lipinski definition) is 3. The third kappa shape index (κ3) is 3.26. The van der Waals surface area contributed by atoms with Crippen molar-refractivity contribution >= 4 is 29.8 Å². The first-order chi connectivity index (χ1) is 11.4. The summed E-state index contributed by atoms with van der Waals surface area (Å²) in [7, 11) is -2.18. The summed E-state index contributed by atoms with van der Waals surface area (Å²) in [6.07, 6.45) is -0.128. The van der Waals surface area contributed by atoms with Crippen LogP contribution in [-0.4, -0.2) is 25.0 Å². The molecule has 0 saturated carbocycles. The summed E-state index contributed by atoms with van der Waals surface area (Å²) >= 11 is -1.60. The number of rotatable bonds is 4. The Balaban J connectivity index is 2.15. The molecule has 0 N–H and O–H groups in total. The molecule has 1 fully saturated rings. The second kappa shape index (κ2) is 6.92. The molecule has 2 unspecified atom stereocenters. The van der Waals surface area contributed by atoms with Crippen molar-refractivity contribution in [2.45, 2.75) is 38.0 Å². The van der Waals surface area contributed by atoms with Crippen LogP contribution >= 0.6 is 0 Å². The highest BCUT2D eigenvalue weighted by molar-refractivity contribution is 7.75. The second-order valence-electron chi connectivity index (χ2n) is 7.30. The van der Waals surface area contributed by atoms with Gasteiger partial charge in [-0.05, 0) is 11.1 Å². The van der Waals surface area contributed by atoms with Crippen molar-refractivity contribution < 1.29 is 12.6 Å². The van der Waals surface area contributed by atoms with Gasteiger partial charge in [-0.2, -0.15) is 4.21 Å². The molecule has 2 aromatic rings. The molecule has 3 rings (SSSR count). The van der Waals surface area contributed by atoms with Crippen LogP contribution in [0.4, 0.5) is 0 Å². The fourth-order valence-corrected chi connectivity index (χ4v) is 10.1. The van der Waals surface area contributed by atoms with Gasteiger partial charge in [0.05, 0.1) is 6.61 Å². The maximum atomic E-state index is 11.5. The number of hydrogen-bond donors (Lipinski definition) is 0. The maximum Gasteiger partial charge on any atom is 0.305 e. The van der Waals surface area contributed by atoms with Gasteiger partial charge in [0.25, 0.3) is 0 Å². The van der Waals surface area contributed by atoms with Crippen LogP contribution in [0.3, 0.4) is 0 Å². The van der Waals surface area contributed by atoms with E-state index in [2.05, 4.69) is 81.4 Å². The molecule has 1 aliphatic heterocycles. The van der Waals surface area contributed by atoms with Gasteiger partial charge in [0.15, 0.2) is 0 Å². The molecular formula is C19H24O3SSi. The van der Waals surface area contributed by atoms with E-state index in [-0.39, 0.29) is 11.1 Å². The molecule has 0 amide bonds. The highest BCUT2D eigenvalue weighted by Gasteiger charge is 2.50. The van der Waals surface area contributed by atoms with Crippen LogP contribution in [0.1, 0.15) is 20.8 Å². The molecule has 0 bridgehead atoms. The van der Waals surface area contributed by atoms with Crippen molar-refractivity contribution in [3.8, 4) is 0 Å². The summed E-state index contributed by atoms with van der Waals surface area (Å²) < 4.78 is 22.3. The molecule has 1 heterocycles. The minimum absolute atomic E-state index is 0.0726. The SMILES string of the molecule is CC(C)(C)[Si](CC1COS(=O)O1)(c1ccccc1)c1ccccc1. The summed E-state index contributed by atoms with van der Waals surface area (Å²) in [5, 5.41) is 2.83. The molecule has 128 valence electrons. The van der Waals surface area contributed by atoms with E-state index in [0.29, 0.717) is 6.61 Å². The fraction of sp³-hybridized carbons (Fsp3) is 0.368. The van der Waals surface area contributed by atoms with Gasteiger partial charge in [0, 0.05) is 0 Å². The number of benzene rings is 2. The molecule has 24 heavy (non-hydrogen) atoms. The lowest BCUT2D eigenvalue weighted by Gasteiger charge is -2.45. The minimum atomic E-state index is -2.18. The first-order valence-electron chi connectivity index (χ1n) is 8.27. The van der Waals surface area contributed by atoms with Crippen molar-refractivity contribution in [1.29, 1.82) is 0 Å². The lowest BCUT2D eigenvalue weighted by molar-refractivity contribution is 0.259. The summed E-state index contributed by atoms with van der Waals surface area (Å²) in [6, 6.07) is 22.3. The molecule has 0 aromatic heterocycles. The highest BCUT2D eigenvalue weighted by atomic mass is 32.2. The van der Waals surface area contributed by atoms with Gasteiger partial charge in [0.1, 0.15) is 14.2 Å². The lowest BCUT2D eigenvalue weighted by Crippen LogP contribution is -2.65.